The molecule has 0 fully saturated rings. The fourth-order valence-corrected chi connectivity index (χ4v) is 13.3. The summed E-state index contributed by atoms with van der Waals surface area (Å²) in [6, 6.07) is 4.03. The molecule has 1 radical (unpaired) electrons. The molecule has 1 aliphatic heterocycles. The monoisotopic (exact) mass is 433 g/mol. The molecule has 3 nitrogen and oxygen atoms in total. The van der Waals surface area contributed by atoms with Crippen LogP contribution in [0.25, 0.3) is 0 Å². The Kier molecular flexibility index (Phi) is 9.00. The maximum absolute atomic E-state index is 6.27. The summed E-state index contributed by atoms with van der Waals surface area (Å²) < 4.78 is 13.7. The first-order chi connectivity index (χ1) is 11.6. The Bertz CT molecular complexity index is 529. The molecular formula is C18H28NO2PSSe+. The van der Waals surface area contributed by atoms with E-state index in [4.69, 9.17) is 21.4 Å². The summed E-state index contributed by atoms with van der Waals surface area (Å²) in [4.78, 5) is 0. The Morgan fingerprint density at radius 3 is 2.54 bits per heavy atom. The first-order valence-corrected chi connectivity index (χ1v) is 14.9. The van der Waals surface area contributed by atoms with Crippen LogP contribution >= 0.6 is 5.15 Å². The van der Waals surface area contributed by atoms with Crippen LogP contribution in [0, 0.1) is 0 Å². The van der Waals surface area contributed by atoms with E-state index >= 15 is 0 Å². The van der Waals surface area contributed by atoms with Crippen LogP contribution in [0.3, 0.4) is 0 Å². The van der Waals surface area contributed by atoms with Crippen LogP contribution in [0.15, 0.2) is 47.0 Å². The molecule has 0 bridgehead atoms. The molecule has 0 aromatic carbocycles. The van der Waals surface area contributed by atoms with Gasteiger partial charge in [0.25, 0.3) is 0 Å². The Morgan fingerprint density at radius 1 is 1.21 bits per heavy atom. The average molecular weight is 432 g/mol. The standard InChI is InChI=1S/C18H28NO2PSSe/c1-3-11-19(12-4-2)24-22(23,15-9-17-7-5-13-20-17)16-10-18-8-6-14-21-18/h5-8,13-14H,3-4,9-12,15-16H2,1-2H3/q+1. The zero-order chi connectivity index (χ0) is 17.3. The Labute approximate surface area is 158 Å². The number of hydrogen-bond donors (Lipinski definition) is 0. The second-order valence-corrected chi connectivity index (χ2v) is 18.8. The summed E-state index contributed by atoms with van der Waals surface area (Å²) in [6.07, 6.45) is 14.1. The van der Waals surface area contributed by atoms with Crippen LogP contribution in [0.2, 0.25) is 0 Å². The van der Waals surface area contributed by atoms with Gasteiger partial charge in [0.1, 0.15) is 0 Å². The number of nitrogens with zero attached hydrogens (tertiary/aromatic N) is 1. The summed E-state index contributed by atoms with van der Waals surface area (Å²) >= 11 is 6.68. The molecule has 24 heavy (non-hydrogen) atoms. The van der Waals surface area contributed by atoms with E-state index in [1.54, 1.807) is 12.5 Å². The first kappa shape index (κ1) is 20.1. The molecule has 1 aliphatic rings. The zero-order valence-corrected chi connectivity index (χ0v) is 18.1. The molecule has 1 aromatic rings. The van der Waals surface area contributed by atoms with Gasteiger partial charge in [-0.2, -0.15) is 0 Å². The van der Waals surface area contributed by atoms with Crippen LogP contribution in [-0.2, 0) is 23.4 Å². The van der Waals surface area contributed by atoms with Crippen molar-refractivity contribution < 1.29 is 9.15 Å². The Hall–Kier alpha value is -0.181. The predicted molar refractivity (Wildman–Crippen MR) is 107 cm³/mol. The Morgan fingerprint density at radius 2 is 1.96 bits per heavy atom. The van der Waals surface area contributed by atoms with Crippen molar-refractivity contribution in [2.24, 2.45) is 0 Å². The second kappa shape index (κ2) is 10.7. The molecule has 0 amide bonds. The number of aryl methyl sites for hydroxylation is 1. The van der Waals surface area contributed by atoms with Crippen molar-refractivity contribution in [2.75, 3.05) is 25.4 Å². The van der Waals surface area contributed by atoms with Gasteiger partial charge in [0.15, 0.2) is 0 Å². The normalized spacial score (nSPS) is 16.2. The van der Waals surface area contributed by atoms with E-state index in [0.717, 1.165) is 36.7 Å². The van der Waals surface area contributed by atoms with Crippen LogP contribution in [-0.4, -0.2) is 44.1 Å². The molecule has 1 atom stereocenters. The van der Waals surface area contributed by atoms with Gasteiger partial charge < -0.3 is 0 Å². The second-order valence-electron chi connectivity index (χ2n) is 5.93. The molecule has 6 heteroatoms. The van der Waals surface area contributed by atoms with Crippen LogP contribution in [0.4, 0.5) is 0 Å². The summed E-state index contributed by atoms with van der Waals surface area (Å²) in [7, 11) is 0. The molecule has 0 saturated carbocycles. The van der Waals surface area contributed by atoms with Gasteiger partial charge in [0.2, 0.25) is 0 Å². The van der Waals surface area contributed by atoms with Crippen molar-refractivity contribution in [3.05, 3.63) is 48.3 Å². The van der Waals surface area contributed by atoms with Gasteiger partial charge in [-0.15, -0.1) is 0 Å². The minimum absolute atomic E-state index is 0.410. The van der Waals surface area contributed by atoms with E-state index in [1.165, 1.54) is 25.9 Å². The third-order valence-electron chi connectivity index (χ3n) is 3.77. The van der Waals surface area contributed by atoms with Gasteiger partial charge in [-0.3, -0.25) is 0 Å². The fraction of sp³-hybridized carbons (Fsp3) is 0.556. The van der Waals surface area contributed by atoms with Crippen molar-refractivity contribution in [3.63, 3.8) is 0 Å². The van der Waals surface area contributed by atoms with Crippen molar-refractivity contribution in [2.45, 2.75) is 39.5 Å². The predicted octanol–water partition coefficient (Wildman–Crippen LogP) is 4.78. The molecular weight excluding hydrogens is 404 g/mol. The minimum atomic E-state index is -1.42. The van der Waals surface area contributed by atoms with Crippen molar-refractivity contribution in [3.8, 4) is 0 Å². The summed E-state index contributed by atoms with van der Waals surface area (Å²) in [5.41, 5.74) is 0. The van der Waals surface area contributed by atoms with E-state index in [-0.39, 0.29) is 0 Å². The van der Waals surface area contributed by atoms with E-state index < -0.39 is 5.15 Å². The first-order valence-electron chi connectivity index (χ1n) is 8.72. The van der Waals surface area contributed by atoms with Gasteiger partial charge in [-0.25, -0.2) is 0 Å². The summed E-state index contributed by atoms with van der Waals surface area (Å²) in [5.74, 6) is 2.13. The summed E-state index contributed by atoms with van der Waals surface area (Å²) in [6.45, 7) is 6.86. The number of ether oxygens (including phenoxy) is 1. The van der Waals surface area contributed by atoms with Crippen molar-refractivity contribution in [1.29, 1.82) is 0 Å². The van der Waals surface area contributed by atoms with E-state index in [0.29, 0.717) is 14.7 Å². The third kappa shape index (κ3) is 6.98. The van der Waals surface area contributed by atoms with Crippen LogP contribution in [0.1, 0.15) is 38.9 Å². The molecule has 2 rings (SSSR count). The van der Waals surface area contributed by atoms with Crippen molar-refractivity contribution in [1.82, 2.24) is 3.92 Å². The van der Waals surface area contributed by atoms with E-state index in [9.17, 15) is 0 Å². The molecule has 0 N–H and O–H groups in total. The average Bonchev–Trinajstić information content (AvgIpc) is 3.25. The van der Waals surface area contributed by atoms with E-state index in [1.807, 2.05) is 12.1 Å². The molecule has 0 spiro atoms. The molecule has 2 heterocycles. The van der Waals surface area contributed by atoms with Gasteiger partial charge >= 0.3 is 158 Å². The fourth-order valence-electron chi connectivity index (χ4n) is 2.57. The quantitative estimate of drug-likeness (QED) is 0.206. The van der Waals surface area contributed by atoms with Crippen molar-refractivity contribution >= 4 is 32.1 Å². The molecule has 1 unspecified atom stereocenters. The SMILES string of the molecule is CCCN(CCC)[Se][P+]([S-])(CCC1=CC=C[O+]1)CCc1ccco1. The van der Waals surface area contributed by atoms with Gasteiger partial charge in [0.05, 0.1) is 0 Å². The number of rotatable bonds is 12. The molecule has 0 aliphatic carbocycles. The molecule has 0 saturated heterocycles. The number of hydrogen-bond acceptors (Lipinski definition) is 4. The number of furan rings is 1. The molecule has 1 aromatic heterocycles. The van der Waals surface area contributed by atoms with Gasteiger partial charge in [-0.1, -0.05) is 0 Å². The number of allylic oxidation sites excluding steroid dienone is 3. The van der Waals surface area contributed by atoms with Crippen LogP contribution < -0.4 is 0 Å². The molecule has 133 valence electrons. The van der Waals surface area contributed by atoms with E-state index in [2.05, 4.69) is 29.9 Å². The summed E-state index contributed by atoms with van der Waals surface area (Å²) in [5, 5.41) is -1.42. The van der Waals surface area contributed by atoms with Gasteiger partial charge in [-0.05, 0) is 0 Å². The van der Waals surface area contributed by atoms with Gasteiger partial charge in [0, 0.05) is 0 Å². The van der Waals surface area contributed by atoms with Crippen LogP contribution in [0.5, 0.6) is 0 Å². The topological polar surface area (TPSA) is 27.7 Å². The zero-order valence-electron chi connectivity index (χ0n) is 14.6. The maximum atomic E-state index is 6.27. The Balaban J connectivity index is 1.96. The third-order valence-corrected chi connectivity index (χ3v) is 14.6.